The summed E-state index contributed by atoms with van der Waals surface area (Å²) in [5.41, 5.74) is 10.2. The number of para-hydroxylation sites is 1. The largest absolute Gasteiger partial charge is 0.382 e. The number of fused-ring (bicyclic) bond motifs is 3. The molecule has 0 saturated heterocycles. The molecule has 1 atom stereocenters. The number of hydrogen-bond donors (Lipinski definition) is 1. The zero-order chi connectivity index (χ0) is 19.5. The maximum absolute atomic E-state index is 9.23. The summed E-state index contributed by atoms with van der Waals surface area (Å²) in [5, 5.41) is 10.3. The van der Waals surface area contributed by atoms with Crippen molar-refractivity contribution in [1.29, 1.82) is 5.26 Å². The van der Waals surface area contributed by atoms with E-state index in [1.54, 1.807) is 6.07 Å². The van der Waals surface area contributed by atoms with Crippen LogP contribution in [0.5, 0.6) is 0 Å². The van der Waals surface area contributed by atoms with E-state index >= 15 is 0 Å². The van der Waals surface area contributed by atoms with Gasteiger partial charge >= 0.3 is 0 Å². The Morgan fingerprint density at radius 1 is 1.18 bits per heavy atom. The molecule has 0 aliphatic rings. The number of imidazole rings is 1. The fourth-order valence-electron chi connectivity index (χ4n) is 3.50. The van der Waals surface area contributed by atoms with Gasteiger partial charge in [0, 0.05) is 5.39 Å². The Kier molecular flexibility index (Phi) is 4.92. The summed E-state index contributed by atoms with van der Waals surface area (Å²) in [6.45, 7) is 3.03. The maximum atomic E-state index is 9.23. The highest BCUT2D eigenvalue weighted by Gasteiger charge is 2.17. The maximum Gasteiger partial charge on any atom is 0.152 e. The summed E-state index contributed by atoms with van der Waals surface area (Å²) in [7, 11) is 0. The van der Waals surface area contributed by atoms with Gasteiger partial charge in [0.15, 0.2) is 5.82 Å². The Morgan fingerprint density at radius 2 is 1.96 bits per heavy atom. The SMILES string of the molecule is CC[C@H](COCc1ccccc1C#N)n1cnc2c(N)nc3ccccc3c21. The molecule has 2 N–H and O–H groups in total. The summed E-state index contributed by atoms with van der Waals surface area (Å²) in [6, 6.07) is 17.8. The molecule has 0 fully saturated rings. The minimum Gasteiger partial charge on any atom is -0.382 e. The van der Waals surface area contributed by atoms with Crippen LogP contribution in [0.15, 0.2) is 54.9 Å². The van der Waals surface area contributed by atoms with Gasteiger partial charge in [-0.2, -0.15) is 5.26 Å². The second kappa shape index (κ2) is 7.67. The Morgan fingerprint density at radius 3 is 2.79 bits per heavy atom. The molecule has 0 spiro atoms. The highest BCUT2D eigenvalue weighted by Crippen LogP contribution is 2.30. The fourth-order valence-corrected chi connectivity index (χ4v) is 3.50. The zero-order valence-electron chi connectivity index (χ0n) is 15.7. The molecular weight excluding hydrogens is 350 g/mol. The topological polar surface area (TPSA) is 89.8 Å². The average Bonchev–Trinajstić information content (AvgIpc) is 3.17. The predicted molar refractivity (Wildman–Crippen MR) is 110 cm³/mol. The predicted octanol–water partition coefficient (Wildman–Crippen LogP) is 4.21. The van der Waals surface area contributed by atoms with Crippen molar-refractivity contribution in [3.8, 4) is 6.07 Å². The van der Waals surface area contributed by atoms with Crippen LogP contribution in [0.25, 0.3) is 21.9 Å². The molecule has 2 aromatic heterocycles. The zero-order valence-corrected chi connectivity index (χ0v) is 15.7. The van der Waals surface area contributed by atoms with E-state index in [2.05, 4.69) is 27.5 Å². The van der Waals surface area contributed by atoms with E-state index in [4.69, 9.17) is 10.5 Å². The first-order valence-electron chi connectivity index (χ1n) is 9.29. The van der Waals surface area contributed by atoms with Gasteiger partial charge in [0.25, 0.3) is 0 Å². The summed E-state index contributed by atoms with van der Waals surface area (Å²) in [6.07, 6.45) is 2.69. The van der Waals surface area contributed by atoms with Gasteiger partial charge in [-0.3, -0.25) is 0 Å². The number of anilines is 1. The van der Waals surface area contributed by atoms with Crippen LogP contribution in [-0.2, 0) is 11.3 Å². The Balaban J connectivity index is 1.63. The Hall–Kier alpha value is -3.43. The first-order valence-corrected chi connectivity index (χ1v) is 9.29. The number of rotatable bonds is 6. The number of nitrogens with zero attached hydrogens (tertiary/aromatic N) is 4. The first-order chi connectivity index (χ1) is 13.7. The molecule has 4 rings (SSSR count). The van der Waals surface area contributed by atoms with Crippen molar-refractivity contribution in [2.75, 3.05) is 12.3 Å². The minimum absolute atomic E-state index is 0.101. The highest BCUT2D eigenvalue weighted by atomic mass is 16.5. The molecule has 4 aromatic rings. The third kappa shape index (κ3) is 3.17. The summed E-state index contributed by atoms with van der Waals surface area (Å²) >= 11 is 0. The van der Waals surface area contributed by atoms with Crippen LogP contribution in [0.4, 0.5) is 5.82 Å². The minimum atomic E-state index is 0.101. The quantitative estimate of drug-likeness (QED) is 0.548. The molecule has 140 valence electrons. The van der Waals surface area contributed by atoms with Crippen LogP contribution in [0, 0.1) is 11.3 Å². The van der Waals surface area contributed by atoms with Crippen molar-refractivity contribution in [1.82, 2.24) is 14.5 Å². The summed E-state index contributed by atoms with van der Waals surface area (Å²) < 4.78 is 8.11. The number of nitriles is 1. The van der Waals surface area contributed by atoms with Crippen molar-refractivity contribution >= 4 is 27.8 Å². The molecule has 6 heteroatoms. The second-order valence-corrected chi connectivity index (χ2v) is 6.71. The number of hydrogen-bond acceptors (Lipinski definition) is 5. The third-order valence-electron chi connectivity index (χ3n) is 5.01. The van der Waals surface area contributed by atoms with Gasteiger partial charge in [0.2, 0.25) is 0 Å². The highest BCUT2D eigenvalue weighted by molar-refractivity contribution is 6.06. The molecule has 2 aromatic carbocycles. The molecule has 0 aliphatic heterocycles. The molecule has 0 amide bonds. The second-order valence-electron chi connectivity index (χ2n) is 6.71. The Bertz CT molecular complexity index is 1170. The van der Waals surface area contributed by atoms with Gasteiger partial charge in [0.1, 0.15) is 5.52 Å². The molecule has 0 unspecified atom stereocenters. The Labute approximate surface area is 163 Å². The van der Waals surface area contributed by atoms with Crippen LogP contribution in [-0.4, -0.2) is 21.1 Å². The molecule has 6 nitrogen and oxygen atoms in total. The van der Waals surface area contributed by atoms with Crippen molar-refractivity contribution in [3.63, 3.8) is 0 Å². The number of pyridine rings is 1. The number of nitrogen functional groups attached to an aromatic ring is 1. The van der Waals surface area contributed by atoms with Gasteiger partial charge in [-0.05, 0) is 24.1 Å². The lowest BCUT2D eigenvalue weighted by Crippen LogP contribution is -2.14. The van der Waals surface area contributed by atoms with Gasteiger partial charge in [-0.1, -0.05) is 43.3 Å². The normalized spacial score (nSPS) is 12.3. The molecule has 0 aliphatic carbocycles. The van der Waals surface area contributed by atoms with E-state index in [0.29, 0.717) is 30.1 Å². The lowest BCUT2D eigenvalue weighted by molar-refractivity contribution is 0.0896. The van der Waals surface area contributed by atoms with E-state index in [0.717, 1.165) is 28.4 Å². The number of ether oxygens (including phenoxy) is 1. The molecule has 2 heterocycles. The smallest absolute Gasteiger partial charge is 0.152 e. The van der Waals surface area contributed by atoms with Crippen LogP contribution in [0.1, 0.15) is 30.5 Å². The van der Waals surface area contributed by atoms with E-state index in [9.17, 15) is 5.26 Å². The van der Waals surface area contributed by atoms with Gasteiger partial charge in [-0.25, -0.2) is 9.97 Å². The number of benzene rings is 2. The van der Waals surface area contributed by atoms with E-state index in [-0.39, 0.29) is 6.04 Å². The van der Waals surface area contributed by atoms with Crippen molar-refractivity contribution in [2.45, 2.75) is 26.0 Å². The third-order valence-corrected chi connectivity index (χ3v) is 5.01. The summed E-state index contributed by atoms with van der Waals surface area (Å²) in [4.78, 5) is 8.97. The molecule has 0 radical (unpaired) electrons. The number of aromatic nitrogens is 3. The van der Waals surface area contributed by atoms with Crippen molar-refractivity contribution in [2.24, 2.45) is 0 Å². The molecule has 0 bridgehead atoms. The fraction of sp³-hybridized carbons (Fsp3) is 0.227. The van der Waals surface area contributed by atoms with Crippen LogP contribution in [0.2, 0.25) is 0 Å². The van der Waals surface area contributed by atoms with Gasteiger partial charge < -0.3 is 15.0 Å². The van der Waals surface area contributed by atoms with E-state index in [1.807, 2.05) is 48.8 Å². The van der Waals surface area contributed by atoms with Crippen molar-refractivity contribution in [3.05, 3.63) is 66.0 Å². The van der Waals surface area contributed by atoms with Crippen molar-refractivity contribution < 1.29 is 4.74 Å². The lowest BCUT2D eigenvalue weighted by atomic mass is 10.1. The number of nitrogens with two attached hydrogens (primary N) is 1. The van der Waals surface area contributed by atoms with E-state index in [1.165, 1.54) is 0 Å². The molecular formula is C22H21N5O. The lowest BCUT2D eigenvalue weighted by Gasteiger charge is -2.19. The van der Waals surface area contributed by atoms with Gasteiger partial charge in [-0.15, -0.1) is 0 Å². The molecule has 28 heavy (non-hydrogen) atoms. The van der Waals surface area contributed by atoms with Gasteiger partial charge in [0.05, 0.1) is 48.2 Å². The summed E-state index contributed by atoms with van der Waals surface area (Å²) in [5.74, 6) is 0.436. The molecule has 0 saturated carbocycles. The van der Waals surface area contributed by atoms with E-state index < -0.39 is 0 Å². The standard InChI is InChI=1S/C22H21N5O/c1-2-17(13-28-12-16-8-4-3-7-15(16)11-23)27-14-25-20-21(27)18-9-5-6-10-19(18)26-22(20)24/h3-10,14,17H,2,12-13H2,1H3,(H2,24,26)/t17-/m1/s1. The van der Waals surface area contributed by atoms with Crippen LogP contribution >= 0.6 is 0 Å². The monoisotopic (exact) mass is 371 g/mol. The van der Waals surface area contributed by atoms with Crippen LogP contribution in [0.3, 0.4) is 0 Å². The average molecular weight is 371 g/mol. The van der Waals surface area contributed by atoms with Crippen LogP contribution < -0.4 is 5.73 Å². The first kappa shape index (κ1) is 18.0.